The fourth-order valence-electron chi connectivity index (χ4n) is 1.56. The van der Waals surface area contributed by atoms with Gasteiger partial charge in [0.05, 0.1) is 23.4 Å². The second kappa shape index (κ2) is 7.82. The van der Waals surface area contributed by atoms with Crippen molar-refractivity contribution in [2.24, 2.45) is 0 Å². The van der Waals surface area contributed by atoms with Gasteiger partial charge in [0.15, 0.2) is 5.78 Å². The second-order valence-electron chi connectivity index (χ2n) is 4.14. The normalized spacial score (nSPS) is 10.9. The van der Waals surface area contributed by atoms with Crippen LogP contribution < -0.4 is 10.6 Å². The van der Waals surface area contributed by atoms with E-state index < -0.39 is 17.7 Å². The van der Waals surface area contributed by atoms with Crippen LogP contribution in [-0.4, -0.2) is 31.8 Å². The van der Waals surface area contributed by atoms with E-state index in [0.717, 1.165) is 13.3 Å². The van der Waals surface area contributed by atoms with E-state index in [0.29, 0.717) is 0 Å². The van der Waals surface area contributed by atoms with Crippen molar-refractivity contribution in [1.82, 2.24) is 5.32 Å². The number of anilines is 1. The van der Waals surface area contributed by atoms with Crippen LogP contribution >= 0.6 is 23.2 Å². The van der Waals surface area contributed by atoms with E-state index in [1.54, 1.807) is 0 Å². The smallest absolute Gasteiger partial charge is 0.342 e. The standard InChI is InChI=1S/C14H14Cl2N2O4/c1-7(19)10(14(21)22-3)6-18-11-5-8(15)4-9(12(11)16)13(20)17-2/h4-6,18H,1-3H3,(H,17,20). The largest absolute Gasteiger partial charge is 0.465 e. The Kier molecular flexibility index (Phi) is 6.39. The van der Waals surface area contributed by atoms with E-state index in [1.807, 2.05) is 0 Å². The Morgan fingerprint density at radius 1 is 1.23 bits per heavy atom. The van der Waals surface area contributed by atoms with Gasteiger partial charge in [-0.1, -0.05) is 23.2 Å². The van der Waals surface area contributed by atoms with Crippen molar-refractivity contribution >= 4 is 46.5 Å². The third-order valence-corrected chi connectivity index (χ3v) is 3.29. The molecular formula is C14H14Cl2N2O4. The SMILES string of the molecule is CNC(=O)c1cc(Cl)cc(NC=C(C(C)=O)C(=O)OC)c1Cl. The average Bonchev–Trinajstić information content (AvgIpc) is 2.48. The summed E-state index contributed by atoms with van der Waals surface area (Å²) in [5, 5.41) is 5.49. The number of esters is 1. The van der Waals surface area contributed by atoms with E-state index in [2.05, 4.69) is 15.4 Å². The zero-order chi connectivity index (χ0) is 16.9. The molecule has 22 heavy (non-hydrogen) atoms. The van der Waals surface area contributed by atoms with Gasteiger partial charge < -0.3 is 15.4 Å². The summed E-state index contributed by atoms with van der Waals surface area (Å²) in [6.45, 7) is 1.22. The van der Waals surface area contributed by atoms with Crippen LogP contribution in [0, 0.1) is 0 Å². The molecule has 0 aliphatic rings. The summed E-state index contributed by atoms with van der Waals surface area (Å²) in [4.78, 5) is 34.6. The highest BCUT2D eigenvalue weighted by Gasteiger charge is 2.17. The van der Waals surface area contributed by atoms with Gasteiger partial charge in [0.2, 0.25) is 0 Å². The fourth-order valence-corrected chi connectivity index (χ4v) is 2.03. The molecule has 8 heteroatoms. The number of carbonyl (C=O) groups excluding carboxylic acids is 3. The number of nitrogens with one attached hydrogen (secondary N) is 2. The van der Waals surface area contributed by atoms with Gasteiger partial charge in [0.25, 0.3) is 5.91 Å². The Labute approximate surface area is 137 Å². The van der Waals surface area contributed by atoms with E-state index >= 15 is 0 Å². The van der Waals surface area contributed by atoms with Crippen molar-refractivity contribution < 1.29 is 19.1 Å². The third kappa shape index (κ3) is 4.22. The lowest BCUT2D eigenvalue weighted by molar-refractivity contribution is -0.137. The molecule has 6 nitrogen and oxygen atoms in total. The van der Waals surface area contributed by atoms with Crippen molar-refractivity contribution in [3.63, 3.8) is 0 Å². The Bertz CT molecular complexity index is 656. The number of hydrogen-bond acceptors (Lipinski definition) is 5. The van der Waals surface area contributed by atoms with E-state index in [-0.39, 0.29) is 26.9 Å². The molecule has 1 amide bonds. The van der Waals surface area contributed by atoms with E-state index in [9.17, 15) is 14.4 Å². The first kappa shape index (κ1) is 18.0. The highest BCUT2D eigenvalue weighted by Crippen LogP contribution is 2.30. The first-order chi connectivity index (χ1) is 10.3. The molecule has 2 N–H and O–H groups in total. The van der Waals surface area contributed by atoms with E-state index in [1.165, 1.54) is 26.1 Å². The number of rotatable bonds is 5. The third-order valence-electron chi connectivity index (χ3n) is 2.67. The predicted octanol–water partition coefficient (Wildman–Crippen LogP) is 2.41. The topological polar surface area (TPSA) is 84.5 Å². The highest BCUT2D eigenvalue weighted by atomic mass is 35.5. The van der Waals surface area contributed by atoms with Gasteiger partial charge in [0, 0.05) is 18.3 Å². The maximum atomic E-state index is 11.7. The number of Topliss-reactive ketones (excluding diaryl/α,β-unsaturated/α-hetero) is 1. The molecule has 0 fully saturated rings. The van der Waals surface area contributed by atoms with Crippen LogP contribution in [-0.2, 0) is 14.3 Å². The molecule has 0 radical (unpaired) electrons. The second-order valence-corrected chi connectivity index (χ2v) is 4.96. The lowest BCUT2D eigenvalue weighted by Crippen LogP contribution is -2.18. The van der Waals surface area contributed by atoms with Gasteiger partial charge in [-0.25, -0.2) is 4.79 Å². The van der Waals surface area contributed by atoms with Crippen LogP contribution in [0.5, 0.6) is 0 Å². The van der Waals surface area contributed by atoms with Crippen LogP contribution in [0.3, 0.4) is 0 Å². The van der Waals surface area contributed by atoms with Crippen molar-refractivity contribution in [3.8, 4) is 0 Å². The van der Waals surface area contributed by atoms with Gasteiger partial charge in [-0.3, -0.25) is 9.59 Å². The molecule has 1 aromatic carbocycles. The summed E-state index contributed by atoms with van der Waals surface area (Å²) in [6, 6.07) is 2.87. The Morgan fingerprint density at radius 2 is 1.86 bits per heavy atom. The Hall–Kier alpha value is -2.05. The van der Waals surface area contributed by atoms with Crippen molar-refractivity contribution in [1.29, 1.82) is 0 Å². The number of ether oxygens (including phenoxy) is 1. The van der Waals surface area contributed by atoms with Crippen molar-refractivity contribution in [2.75, 3.05) is 19.5 Å². The summed E-state index contributed by atoms with van der Waals surface area (Å²) < 4.78 is 4.50. The van der Waals surface area contributed by atoms with E-state index in [4.69, 9.17) is 23.2 Å². The zero-order valence-corrected chi connectivity index (χ0v) is 13.6. The quantitative estimate of drug-likeness (QED) is 0.371. The molecule has 1 rings (SSSR count). The summed E-state index contributed by atoms with van der Waals surface area (Å²) in [5.41, 5.74) is 0.241. The van der Waals surface area contributed by atoms with Crippen LogP contribution in [0.4, 0.5) is 5.69 Å². The minimum Gasteiger partial charge on any atom is -0.465 e. The Balaban J connectivity index is 3.23. The van der Waals surface area contributed by atoms with Crippen LogP contribution in [0.1, 0.15) is 17.3 Å². The molecule has 0 aliphatic carbocycles. The molecule has 0 saturated carbocycles. The van der Waals surface area contributed by atoms with Gasteiger partial charge in [-0.15, -0.1) is 0 Å². The highest BCUT2D eigenvalue weighted by molar-refractivity contribution is 6.38. The van der Waals surface area contributed by atoms with Gasteiger partial charge in [0.1, 0.15) is 5.57 Å². The summed E-state index contributed by atoms with van der Waals surface area (Å²) in [7, 11) is 2.62. The minimum absolute atomic E-state index is 0.104. The molecule has 118 valence electrons. The number of amides is 1. The average molecular weight is 345 g/mol. The first-order valence-corrected chi connectivity index (χ1v) is 6.84. The number of ketones is 1. The predicted molar refractivity (Wildman–Crippen MR) is 84.3 cm³/mol. The van der Waals surface area contributed by atoms with Crippen molar-refractivity contribution in [3.05, 3.63) is 39.5 Å². The lowest BCUT2D eigenvalue weighted by Gasteiger charge is -2.10. The molecule has 0 aromatic heterocycles. The maximum Gasteiger partial charge on any atom is 0.342 e. The van der Waals surface area contributed by atoms with Gasteiger partial charge >= 0.3 is 5.97 Å². The molecule has 1 aromatic rings. The molecular weight excluding hydrogens is 331 g/mol. The molecule has 0 saturated heterocycles. The summed E-state index contributed by atoms with van der Waals surface area (Å²) in [5.74, 6) is -1.69. The molecule has 0 bridgehead atoms. The Morgan fingerprint density at radius 3 is 2.36 bits per heavy atom. The molecule has 0 heterocycles. The van der Waals surface area contributed by atoms with Crippen molar-refractivity contribution in [2.45, 2.75) is 6.92 Å². The first-order valence-electron chi connectivity index (χ1n) is 6.08. The lowest BCUT2D eigenvalue weighted by atomic mass is 10.1. The van der Waals surface area contributed by atoms with Crippen LogP contribution in [0.2, 0.25) is 10.0 Å². The number of carbonyl (C=O) groups is 3. The van der Waals surface area contributed by atoms with Gasteiger partial charge in [-0.2, -0.15) is 0 Å². The molecule has 0 unspecified atom stereocenters. The van der Waals surface area contributed by atoms with Gasteiger partial charge in [-0.05, 0) is 19.1 Å². The number of methoxy groups -OCH3 is 1. The summed E-state index contributed by atoms with van der Waals surface area (Å²) in [6.07, 6.45) is 1.15. The monoisotopic (exact) mass is 344 g/mol. The summed E-state index contributed by atoms with van der Waals surface area (Å²) >= 11 is 12.1. The minimum atomic E-state index is -0.787. The molecule has 0 atom stereocenters. The number of hydrogen-bond donors (Lipinski definition) is 2. The van der Waals surface area contributed by atoms with Crippen LogP contribution in [0.15, 0.2) is 23.9 Å². The fraction of sp³-hybridized carbons (Fsp3) is 0.214. The molecule has 0 aliphatic heterocycles. The molecule has 0 spiro atoms. The van der Waals surface area contributed by atoms with Crippen LogP contribution in [0.25, 0.3) is 0 Å². The zero-order valence-electron chi connectivity index (χ0n) is 12.1. The maximum absolute atomic E-state index is 11.7. The number of benzene rings is 1. The number of halogens is 2.